The van der Waals surface area contributed by atoms with E-state index >= 15 is 0 Å². The van der Waals surface area contributed by atoms with Crippen LogP contribution in [0.5, 0.6) is 0 Å². The number of carbonyl (C=O) groups excluding carboxylic acids is 1. The summed E-state index contributed by atoms with van der Waals surface area (Å²) in [6.07, 6.45) is 1.34. The molecule has 0 bridgehead atoms. The van der Waals surface area contributed by atoms with Crippen molar-refractivity contribution in [2.24, 2.45) is 0 Å². The van der Waals surface area contributed by atoms with E-state index in [0.29, 0.717) is 25.8 Å². The molecule has 0 spiro atoms. The normalized spacial score (nSPS) is 24.7. The summed E-state index contributed by atoms with van der Waals surface area (Å²) in [5.41, 5.74) is 1.84. The molecular formula is C23H32N4O4. The van der Waals surface area contributed by atoms with Crippen molar-refractivity contribution in [2.75, 3.05) is 32.7 Å². The molecule has 2 saturated heterocycles. The molecule has 1 aromatic heterocycles. The summed E-state index contributed by atoms with van der Waals surface area (Å²) in [6.45, 7) is 5.10. The molecular weight excluding hydrogens is 396 g/mol. The number of aromatic nitrogens is 1. The van der Waals surface area contributed by atoms with Crippen molar-refractivity contribution < 1.29 is 19.2 Å². The van der Waals surface area contributed by atoms with Crippen LogP contribution >= 0.6 is 0 Å². The van der Waals surface area contributed by atoms with E-state index in [-0.39, 0.29) is 12.0 Å². The third kappa shape index (κ3) is 6.61. The first kappa shape index (κ1) is 22.0. The van der Waals surface area contributed by atoms with Crippen molar-refractivity contribution in [3.8, 4) is 0 Å². The van der Waals surface area contributed by atoms with Gasteiger partial charge in [-0.05, 0) is 18.4 Å². The summed E-state index contributed by atoms with van der Waals surface area (Å²) in [4.78, 5) is 14.6. The van der Waals surface area contributed by atoms with E-state index in [1.54, 1.807) is 0 Å². The quantitative estimate of drug-likeness (QED) is 0.574. The lowest BCUT2D eigenvalue weighted by atomic mass is 9.98. The molecule has 3 N–H and O–H groups in total. The Kier molecular flexibility index (Phi) is 7.69. The summed E-state index contributed by atoms with van der Waals surface area (Å²) in [5, 5.41) is 20.8. The van der Waals surface area contributed by atoms with Gasteiger partial charge in [0.1, 0.15) is 6.10 Å². The van der Waals surface area contributed by atoms with Crippen molar-refractivity contribution in [3.05, 3.63) is 53.4 Å². The maximum atomic E-state index is 12.2. The summed E-state index contributed by atoms with van der Waals surface area (Å²) in [5.74, 6) is 0.802. The van der Waals surface area contributed by atoms with Gasteiger partial charge in [0.05, 0.1) is 30.9 Å². The lowest BCUT2D eigenvalue weighted by molar-refractivity contribution is -0.128. The topological polar surface area (TPSA) is 99.9 Å². The van der Waals surface area contributed by atoms with E-state index in [2.05, 4.69) is 20.7 Å². The summed E-state index contributed by atoms with van der Waals surface area (Å²) in [7, 11) is 0. The average molecular weight is 429 g/mol. The van der Waals surface area contributed by atoms with Crippen molar-refractivity contribution in [1.82, 2.24) is 20.7 Å². The number of benzene rings is 1. The number of aliphatic hydroxyl groups excluding tert-OH is 1. The highest BCUT2D eigenvalue weighted by Gasteiger charge is 2.31. The number of rotatable bonds is 8. The molecule has 3 atom stereocenters. The smallest absolute Gasteiger partial charge is 0.224 e. The van der Waals surface area contributed by atoms with E-state index in [4.69, 9.17) is 9.26 Å². The Morgan fingerprint density at radius 3 is 2.84 bits per heavy atom. The van der Waals surface area contributed by atoms with Crippen LogP contribution < -0.4 is 10.6 Å². The third-order valence-corrected chi connectivity index (χ3v) is 5.92. The highest BCUT2D eigenvalue weighted by molar-refractivity contribution is 5.78. The van der Waals surface area contributed by atoms with Crippen molar-refractivity contribution in [3.63, 3.8) is 0 Å². The molecule has 2 fully saturated rings. The average Bonchev–Trinajstić information content (AvgIpc) is 3.22. The van der Waals surface area contributed by atoms with Gasteiger partial charge >= 0.3 is 0 Å². The largest absolute Gasteiger partial charge is 0.390 e. The molecule has 2 aliphatic heterocycles. The minimum atomic E-state index is -0.575. The number of ether oxygens (including phenoxy) is 1. The maximum absolute atomic E-state index is 12.2. The maximum Gasteiger partial charge on any atom is 0.224 e. The van der Waals surface area contributed by atoms with E-state index in [1.165, 1.54) is 0 Å². The Morgan fingerprint density at radius 2 is 2.03 bits per heavy atom. The van der Waals surface area contributed by atoms with Crippen LogP contribution in [0.1, 0.15) is 29.9 Å². The standard InChI is InChI=1S/C23H32N4O4/c28-21-7-6-19(13-18-14-20(31-26-18)16-27-10-8-24-9-11-27)30-22(21)15-25-23(29)12-17-4-2-1-3-5-17/h1-5,14,19,21-22,24,28H,6-13,15-16H2,(H,25,29)/t19-,21-,22+/m0/s1. The van der Waals surface area contributed by atoms with Gasteiger partial charge in [-0.25, -0.2) is 0 Å². The zero-order valence-electron chi connectivity index (χ0n) is 17.8. The molecule has 4 rings (SSSR count). The lowest BCUT2D eigenvalue weighted by Gasteiger charge is -2.33. The number of hydrogen-bond acceptors (Lipinski definition) is 7. The predicted molar refractivity (Wildman–Crippen MR) is 115 cm³/mol. The third-order valence-electron chi connectivity index (χ3n) is 5.92. The second-order valence-corrected chi connectivity index (χ2v) is 8.42. The van der Waals surface area contributed by atoms with Gasteiger partial charge in [0.2, 0.25) is 5.91 Å². The molecule has 2 aromatic rings. The summed E-state index contributed by atoms with van der Waals surface area (Å²) >= 11 is 0. The highest BCUT2D eigenvalue weighted by atomic mass is 16.5. The monoisotopic (exact) mass is 428 g/mol. The van der Waals surface area contributed by atoms with Crippen LogP contribution in [0.2, 0.25) is 0 Å². The fourth-order valence-corrected chi connectivity index (χ4v) is 4.19. The molecule has 3 heterocycles. The highest BCUT2D eigenvalue weighted by Crippen LogP contribution is 2.23. The molecule has 0 aliphatic carbocycles. The van der Waals surface area contributed by atoms with E-state index < -0.39 is 12.2 Å². The van der Waals surface area contributed by atoms with E-state index in [1.807, 2.05) is 36.4 Å². The Hall–Kier alpha value is -2.26. The zero-order valence-corrected chi connectivity index (χ0v) is 17.8. The molecule has 31 heavy (non-hydrogen) atoms. The van der Waals surface area contributed by atoms with Crippen molar-refractivity contribution >= 4 is 5.91 Å². The number of hydrogen-bond donors (Lipinski definition) is 3. The second kappa shape index (κ2) is 10.9. The first-order chi connectivity index (χ1) is 15.2. The first-order valence-corrected chi connectivity index (χ1v) is 11.2. The summed E-state index contributed by atoms with van der Waals surface area (Å²) < 4.78 is 11.6. The molecule has 168 valence electrons. The number of amides is 1. The van der Waals surface area contributed by atoms with Gasteiger partial charge in [0, 0.05) is 45.2 Å². The minimum absolute atomic E-state index is 0.0448. The number of aliphatic hydroxyl groups is 1. The van der Waals surface area contributed by atoms with Gasteiger partial charge in [-0.15, -0.1) is 0 Å². The van der Waals surface area contributed by atoms with E-state index in [0.717, 1.165) is 56.2 Å². The number of nitrogens with one attached hydrogen (secondary N) is 2. The van der Waals surface area contributed by atoms with Crippen molar-refractivity contribution in [2.45, 2.75) is 50.5 Å². The Labute approximate surface area is 182 Å². The Bertz CT molecular complexity index is 822. The second-order valence-electron chi connectivity index (χ2n) is 8.42. The van der Waals surface area contributed by atoms with Gasteiger partial charge in [-0.2, -0.15) is 0 Å². The van der Waals surface area contributed by atoms with E-state index in [9.17, 15) is 9.90 Å². The van der Waals surface area contributed by atoms with Gasteiger partial charge in [0.15, 0.2) is 5.76 Å². The van der Waals surface area contributed by atoms with Crippen LogP contribution in [0, 0.1) is 0 Å². The lowest BCUT2D eigenvalue weighted by Crippen LogP contribution is -2.46. The molecule has 8 heteroatoms. The fraction of sp³-hybridized carbons (Fsp3) is 0.565. The van der Waals surface area contributed by atoms with Crippen LogP contribution in [0.25, 0.3) is 0 Å². The van der Waals surface area contributed by atoms with Crippen LogP contribution in [0.4, 0.5) is 0 Å². The number of nitrogens with zero attached hydrogens (tertiary/aromatic N) is 2. The Balaban J connectivity index is 1.23. The molecule has 1 amide bonds. The number of piperazine rings is 1. The van der Waals surface area contributed by atoms with Crippen LogP contribution in [0.3, 0.4) is 0 Å². The molecule has 1 aromatic carbocycles. The van der Waals surface area contributed by atoms with Crippen LogP contribution in [0.15, 0.2) is 40.9 Å². The fourth-order valence-electron chi connectivity index (χ4n) is 4.19. The van der Waals surface area contributed by atoms with Gasteiger partial charge in [0.25, 0.3) is 0 Å². The zero-order chi connectivity index (χ0) is 21.5. The summed E-state index contributed by atoms with van der Waals surface area (Å²) in [6, 6.07) is 11.6. The van der Waals surface area contributed by atoms with Gasteiger partial charge in [-0.3, -0.25) is 9.69 Å². The molecule has 2 aliphatic rings. The molecule has 8 nitrogen and oxygen atoms in total. The van der Waals surface area contributed by atoms with Crippen LogP contribution in [-0.4, -0.2) is 72.1 Å². The van der Waals surface area contributed by atoms with Crippen LogP contribution in [-0.2, 0) is 28.9 Å². The predicted octanol–water partition coefficient (Wildman–Crippen LogP) is 0.890. The number of carbonyl (C=O) groups is 1. The van der Waals surface area contributed by atoms with Gasteiger partial charge < -0.3 is 25.0 Å². The van der Waals surface area contributed by atoms with Gasteiger partial charge in [-0.1, -0.05) is 35.5 Å². The SMILES string of the molecule is O=C(Cc1ccccc1)NC[C@H]1O[C@H](Cc2cc(CN3CCNCC3)on2)CC[C@@H]1O. The molecule has 0 saturated carbocycles. The minimum Gasteiger partial charge on any atom is -0.390 e. The molecule has 0 unspecified atom stereocenters. The Morgan fingerprint density at radius 1 is 1.23 bits per heavy atom. The first-order valence-electron chi connectivity index (χ1n) is 11.2. The van der Waals surface area contributed by atoms with Crippen molar-refractivity contribution in [1.29, 1.82) is 0 Å². The molecule has 0 radical (unpaired) electrons.